The Hall–Kier alpha value is -3.79. The maximum absolute atomic E-state index is 14.0. The van der Waals surface area contributed by atoms with Crippen molar-refractivity contribution < 1.29 is 8.91 Å². The number of likely N-dealkylation sites (tertiary alicyclic amines) is 1. The van der Waals surface area contributed by atoms with Gasteiger partial charge in [-0.15, -0.1) is 11.3 Å². The molecule has 2 aromatic heterocycles. The van der Waals surface area contributed by atoms with E-state index < -0.39 is 0 Å². The number of hydrogen-bond acceptors (Lipinski definition) is 7. The van der Waals surface area contributed by atoms with E-state index in [-0.39, 0.29) is 17.8 Å². The highest BCUT2D eigenvalue weighted by atomic mass is 32.1. The zero-order valence-electron chi connectivity index (χ0n) is 17.7. The average molecular weight is 464 g/mol. The summed E-state index contributed by atoms with van der Waals surface area (Å²) in [5, 5.41) is 17.5. The Labute approximate surface area is 193 Å². The molecule has 33 heavy (non-hydrogen) atoms. The van der Waals surface area contributed by atoms with Gasteiger partial charge in [-0.3, -0.25) is 5.41 Å². The molecule has 4 N–H and O–H groups in total. The van der Waals surface area contributed by atoms with Crippen molar-refractivity contribution in [2.24, 2.45) is 5.73 Å². The maximum atomic E-state index is 14.0. The van der Waals surface area contributed by atoms with Gasteiger partial charge in [-0.05, 0) is 49.2 Å². The molecule has 8 nitrogen and oxygen atoms in total. The normalized spacial score (nSPS) is 15.7. The van der Waals surface area contributed by atoms with Gasteiger partial charge in [-0.2, -0.15) is 4.98 Å². The largest absolute Gasteiger partial charge is 0.370 e. The Morgan fingerprint density at radius 1 is 1.21 bits per heavy atom. The first-order chi connectivity index (χ1) is 16.1. The Balaban J connectivity index is 1.24. The van der Waals surface area contributed by atoms with E-state index in [2.05, 4.69) is 20.4 Å². The lowest BCUT2D eigenvalue weighted by Crippen LogP contribution is -2.41. The second-order valence-corrected chi connectivity index (χ2v) is 8.67. The molecule has 0 unspecified atom stereocenters. The maximum Gasteiger partial charge on any atom is 0.229 e. The summed E-state index contributed by atoms with van der Waals surface area (Å²) in [6, 6.07) is 14.3. The van der Waals surface area contributed by atoms with Crippen molar-refractivity contribution in [3.05, 3.63) is 65.6 Å². The van der Waals surface area contributed by atoms with Crippen LogP contribution in [-0.2, 0) is 6.42 Å². The van der Waals surface area contributed by atoms with Gasteiger partial charge in [-0.1, -0.05) is 17.3 Å². The van der Waals surface area contributed by atoms with Crippen molar-refractivity contribution in [1.82, 2.24) is 20.0 Å². The van der Waals surface area contributed by atoms with E-state index in [1.165, 1.54) is 17.4 Å². The Kier molecular flexibility index (Phi) is 5.74. The summed E-state index contributed by atoms with van der Waals surface area (Å²) in [6.07, 6.45) is 2.52. The highest BCUT2D eigenvalue weighted by molar-refractivity contribution is 7.14. The fourth-order valence-corrected chi connectivity index (χ4v) is 4.70. The van der Waals surface area contributed by atoms with Crippen molar-refractivity contribution in [3.63, 3.8) is 0 Å². The minimum absolute atomic E-state index is 0.0848. The molecule has 0 spiro atoms. The number of thiazole rings is 1. The van der Waals surface area contributed by atoms with Crippen LogP contribution < -0.4 is 11.1 Å². The quantitative estimate of drug-likeness (QED) is 0.282. The number of aromatic nitrogens is 3. The van der Waals surface area contributed by atoms with Crippen molar-refractivity contribution in [3.8, 4) is 22.6 Å². The SMILES string of the molecule is N=C(N)N1CCC[C@H]1Cc1nc(-c2ccc(Nc3nc(-c4ccccc4F)cs3)cc2)no1. The number of anilines is 2. The molecular formula is C23H22FN7OS. The molecule has 4 aromatic rings. The molecule has 168 valence electrons. The number of benzene rings is 2. The van der Waals surface area contributed by atoms with Gasteiger partial charge >= 0.3 is 0 Å². The van der Waals surface area contributed by atoms with E-state index >= 15 is 0 Å². The third-order valence-electron chi connectivity index (χ3n) is 5.61. The molecule has 1 atom stereocenters. The van der Waals surface area contributed by atoms with Crippen LogP contribution in [0.5, 0.6) is 0 Å². The zero-order chi connectivity index (χ0) is 22.8. The summed E-state index contributed by atoms with van der Waals surface area (Å²) in [4.78, 5) is 10.9. The summed E-state index contributed by atoms with van der Waals surface area (Å²) >= 11 is 1.41. The van der Waals surface area contributed by atoms with Crippen molar-refractivity contribution in [2.75, 3.05) is 11.9 Å². The number of nitrogens with one attached hydrogen (secondary N) is 2. The van der Waals surface area contributed by atoms with Gasteiger partial charge in [0.05, 0.1) is 5.69 Å². The van der Waals surface area contributed by atoms with Gasteiger partial charge in [0, 0.05) is 41.2 Å². The summed E-state index contributed by atoms with van der Waals surface area (Å²) in [6.45, 7) is 0.788. The van der Waals surface area contributed by atoms with Crippen LogP contribution in [0.2, 0.25) is 0 Å². The fourth-order valence-electron chi connectivity index (χ4n) is 3.97. The first-order valence-corrected chi connectivity index (χ1v) is 11.5. The molecule has 0 radical (unpaired) electrons. The molecule has 3 heterocycles. The first kappa shape index (κ1) is 21.1. The number of rotatable bonds is 6. The molecule has 1 saturated heterocycles. The molecule has 1 aliphatic heterocycles. The van der Waals surface area contributed by atoms with Crippen molar-refractivity contribution in [2.45, 2.75) is 25.3 Å². The molecule has 0 amide bonds. The predicted octanol–water partition coefficient (Wildman–Crippen LogP) is 4.64. The monoisotopic (exact) mass is 463 g/mol. The van der Waals surface area contributed by atoms with Gasteiger partial charge in [0.1, 0.15) is 5.82 Å². The summed E-state index contributed by atoms with van der Waals surface area (Å²) in [7, 11) is 0. The van der Waals surface area contributed by atoms with Crippen LogP contribution in [0.15, 0.2) is 58.4 Å². The third kappa shape index (κ3) is 4.56. The number of halogens is 1. The highest BCUT2D eigenvalue weighted by Crippen LogP contribution is 2.29. The van der Waals surface area contributed by atoms with E-state index in [4.69, 9.17) is 15.7 Å². The molecule has 0 aliphatic carbocycles. The molecular weight excluding hydrogens is 441 g/mol. The lowest BCUT2D eigenvalue weighted by molar-refractivity contribution is 0.320. The van der Waals surface area contributed by atoms with Crippen molar-refractivity contribution in [1.29, 1.82) is 5.41 Å². The first-order valence-electron chi connectivity index (χ1n) is 10.6. The van der Waals surface area contributed by atoms with Gasteiger partial charge in [0.25, 0.3) is 0 Å². The van der Waals surface area contributed by atoms with Crippen LogP contribution in [0.1, 0.15) is 18.7 Å². The standard InChI is InChI=1S/C23H22FN7OS/c24-18-6-2-1-5-17(18)19-13-33-23(28-19)27-15-9-7-14(8-10-15)21-29-20(32-30-21)12-16-4-3-11-31(16)22(25)26/h1-2,5-10,13,16H,3-4,11-12H2,(H3,25,26)(H,27,28)/t16-/m0/s1. The number of hydrogen-bond donors (Lipinski definition) is 3. The Morgan fingerprint density at radius 3 is 2.82 bits per heavy atom. The molecule has 0 bridgehead atoms. The fraction of sp³-hybridized carbons (Fsp3) is 0.217. The molecule has 5 rings (SSSR count). The summed E-state index contributed by atoms with van der Waals surface area (Å²) in [5.41, 5.74) is 8.42. The minimum Gasteiger partial charge on any atom is -0.370 e. The van der Waals surface area contributed by atoms with Crippen LogP contribution in [-0.4, -0.2) is 38.6 Å². The Morgan fingerprint density at radius 2 is 2.03 bits per heavy atom. The lowest BCUT2D eigenvalue weighted by atomic mass is 10.1. The average Bonchev–Trinajstić information content (AvgIpc) is 3.56. The zero-order valence-corrected chi connectivity index (χ0v) is 18.5. The van der Waals surface area contributed by atoms with Gasteiger partial charge in [0.2, 0.25) is 11.7 Å². The number of nitrogens with zero attached hydrogens (tertiary/aromatic N) is 4. The minimum atomic E-state index is -0.292. The topological polar surface area (TPSA) is 117 Å². The van der Waals surface area contributed by atoms with Gasteiger partial charge in [-0.25, -0.2) is 9.37 Å². The van der Waals surface area contributed by atoms with E-state index in [1.54, 1.807) is 18.2 Å². The lowest BCUT2D eigenvalue weighted by Gasteiger charge is -2.23. The predicted molar refractivity (Wildman–Crippen MR) is 126 cm³/mol. The number of nitrogens with two attached hydrogens (primary N) is 1. The molecule has 2 aromatic carbocycles. The molecule has 1 aliphatic rings. The second kappa shape index (κ2) is 8.99. The second-order valence-electron chi connectivity index (χ2n) is 7.81. The number of guanidine groups is 1. The summed E-state index contributed by atoms with van der Waals surface area (Å²) < 4.78 is 19.4. The van der Waals surface area contributed by atoms with Crippen LogP contribution in [0.4, 0.5) is 15.2 Å². The van der Waals surface area contributed by atoms with Crippen LogP contribution >= 0.6 is 11.3 Å². The summed E-state index contributed by atoms with van der Waals surface area (Å²) in [5.74, 6) is 0.843. The van der Waals surface area contributed by atoms with E-state index in [1.807, 2.05) is 34.5 Å². The van der Waals surface area contributed by atoms with Crippen LogP contribution in [0, 0.1) is 11.2 Å². The van der Waals surface area contributed by atoms with Gasteiger partial charge < -0.3 is 20.5 Å². The van der Waals surface area contributed by atoms with Crippen LogP contribution in [0.25, 0.3) is 22.6 Å². The van der Waals surface area contributed by atoms with E-state index in [9.17, 15) is 4.39 Å². The molecule has 0 saturated carbocycles. The smallest absolute Gasteiger partial charge is 0.229 e. The third-order valence-corrected chi connectivity index (χ3v) is 6.37. The van der Waals surface area contributed by atoms with Crippen LogP contribution in [0.3, 0.4) is 0 Å². The van der Waals surface area contributed by atoms with E-state index in [0.717, 1.165) is 30.6 Å². The Bertz CT molecular complexity index is 1270. The molecule has 1 fully saturated rings. The van der Waals surface area contributed by atoms with Gasteiger partial charge in [0.15, 0.2) is 11.1 Å². The molecule has 10 heteroatoms. The van der Waals surface area contributed by atoms with E-state index in [0.29, 0.717) is 34.5 Å². The highest BCUT2D eigenvalue weighted by Gasteiger charge is 2.27. The van der Waals surface area contributed by atoms with Crippen molar-refractivity contribution >= 4 is 28.1 Å².